The maximum atomic E-state index is 12.6. The molecule has 5 atom stereocenters. The number of carbonyl (C=O) groups is 2. The van der Waals surface area contributed by atoms with E-state index in [1.165, 1.54) is 0 Å². The van der Waals surface area contributed by atoms with Crippen LogP contribution in [0.25, 0.3) is 11.0 Å². The third-order valence-electron chi connectivity index (χ3n) is 6.52. The Morgan fingerprint density at radius 1 is 1.33 bits per heavy atom. The monoisotopic (exact) mass is 368 g/mol. The molecule has 1 aromatic heterocycles. The van der Waals surface area contributed by atoms with Crippen LogP contribution in [-0.4, -0.2) is 33.4 Å². The first-order valence-electron chi connectivity index (χ1n) is 10.1. The topological polar surface area (TPSA) is 76.0 Å². The highest BCUT2D eigenvalue weighted by molar-refractivity contribution is 5.81. The van der Waals surface area contributed by atoms with Crippen molar-refractivity contribution < 1.29 is 9.59 Å². The number of imidazole rings is 1. The van der Waals surface area contributed by atoms with E-state index in [0.717, 1.165) is 36.7 Å². The van der Waals surface area contributed by atoms with Gasteiger partial charge in [-0.05, 0) is 49.7 Å². The molecule has 4 rings (SSSR count). The van der Waals surface area contributed by atoms with E-state index in [-0.39, 0.29) is 36.4 Å². The Bertz CT molecular complexity index is 846. The van der Waals surface area contributed by atoms with Crippen molar-refractivity contribution in [3.05, 3.63) is 30.6 Å². The zero-order valence-electron chi connectivity index (χ0n) is 16.0. The van der Waals surface area contributed by atoms with Gasteiger partial charge >= 0.3 is 0 Å². The van der Waals surface area contributed by atoms with Crippen LogP contribution in [0.4, 0.5) is 0 Å². The maximum Gasteiger partial charge on any atom is 0.240 e. The van der Waals surface area contributed by atoms with Crippen LogP contribution in [0.1, 0.15) is 39.5 Å². The normalized spacial score (nSPS) is 30.6. The molecule has 1 saturated heterocycles. The second-order valence-corrected chi connectivity index (χ2v) is 8.09. The van der Waals surface area contributed by atoms with Crippen LogP contribution >= 0.6 is 0 Å². The predicted octanol–water partition coefficient (Wildman–Crippen LogP) is 2.48. The fourth-order valence-corrected chi connectivity index (χ4v) is 5.07. The van der Waals surface area contributed by atoms with Gasteiger partial charge in [-0.1, -0.05) is 26.0 Å². The zero-order chi connectivity index (χ0) is 19.0. The van der Waals surface area contributed by atoms with Gasteiger partial charge < -0.3 is 15.2 Å². The summed E-state index contributed by atoms with van der Waals surface area (Å²) in [5.41, 5.74) is 1.87. The Labute approximate surface area is 159 Å². The molecule has 2 amide bonds. The quantitative estimate of drug-likeness (QED) is 0.870. The highest BCUT2D eigenvalue weighted by atomic mass is 16.2. The van der Waals surface area contributed by atoms with Gasteiger partial charge in [0.25, 0.3) is 0 Å². The molecular formula is C21H28N4O2. The second-order valence-electron chi connectivity index (χ2n) is 8.09. The number of piperidine rings is 1. The van der Waals surface area contributed by atoms with Gasteiger partial charge in [0.15, 0.2) is 0 Å². The largest absolute Gasteiger partial charge is 0.353 e. The van der Waals surface area contributed by atoms with Gasteiger partial charge in [-0.2, -0.15) is 0 Å². The fraction of sp³-hybridized carbons (Fsp3) is 0.571. The van der Waals surface area contributed by atoms with Gasteiger partial charge in [-0.15, -0.1) is 0 Å². The van der Waals surface area contributed by atoms with E-state index < -0.39 is 0 Å². The molecule has 1 aliphatic heterocycles. The third kappa shape index (κ3) is 3.45. The van der Waals surface area contributed by atoms with E-state index in [4.69, 9.17) is 0 Å². The molecule has 0 spiro atoms. The summed E-state index contributed by atoms with van der Waals surface area (Å²) in [5, 5.41) is 6.39. The van der Waals surface area contributed by atoms with Crippen LogP contribution in [0.15, 0.2) is 30.6 Å². The molecule has 2 fully saturated rings. The summed E-state index contributed by atoms with van der Waals surface area (Å²) in [5.74, 6) is 1.26. The number of nitrogens with one attached hydrogen (secondary N) is 2. The SMILES string of the molecule is CCC1C(=O)NC2CC(NC(=O)Cn3cnc4ccccc43)CCC2C1C. The standard InChI is InChI=1S/C21H28N4O2/c1-3-15-13(2)16-9-8-14(10-18(16)24-21(15)27)23-20(26)11-25-12-22-17-6-4-5-7-19(17)25/h4-7,12-16,18H,3,8-11H2,1-2H3,(H,23,26)(H,24,27). The molecule has 2 heterocycles. The molecule has 27 heavy (non-hydrogen) atoms. The summed E-state index contributed by atoms with van der Waals surface area (Å²) < 4.78 is 1.88. The Balaban J connectivity index is 1.37. The number of rotatable bonds is 4. The average Bonchev–Trinajstić information content (AvgIpc) is 3.05. The molecule has 0 bridgehead atoms. The van der Waals surface area contributed by atoms with Crippen LogP contribution in [0, 0.1) is 17.8 Å². The van der Waals surface area contributed by atoms with E-state index >= 15 is 0 Å². The van der Waals surface area contributed by atoms with Crippen LogP contribution in [0.2, 0.25) is 0 Å². The number of hydrogen-bond acceptors (Lipinski definition) is 3. The van der Waals surface area contributed by atoms with E-state index in [9.17, 15) is 9.59 Å². The Morgan fingerprint density at radius 3 is 2.96 bits per heavy atom. The lowest BCUT2D eigenvalue weighted by molar-refractivity contribution is -0.133. The molecule has 0 radical (unpaired) electrons. The summed E-state index contributed by atoms with van der Waals surface area (Å²) in [6, 6.07) is 8.13. The molecule has 6 nitrogen and oxygen atoms in total. The van der Waals surface area contributed by atoms with Crippen molar-refractivity contribution >= 4 is 22.8 Å². The van der Waals surface area contributed by atoms with Gasteiger partial charge in [-0.3, -0.25) is 9.59 Å². The first kappa shape index (κ1) is 18.0. The summed E-state index contributed by atoms with van der Waals surface area (Å²) in [4.78, 5) is 29.2. The summed E-state index contributed by atoms with van der Waals surface area (Å²) in [6.07, 6.45) is 5.48. The summed E-state index contributed by atoms with van der Waals surface area (Å²) in [7, 11) is 0. The van der Waals surface area contributed by atoms with Crippen molar-refractivity contribution in [2.75, 3.05) is 0 Å². The molecule has 1 aromatic carbocycles. The van der Waals surface area contributed by atoms with Gasteiger partial charge in [0.2, 0.25) is 11.8 Å². The minimum absolute atomic E-state index is 0.00298. The van der Waals surface area contributed by atoms with Crippen molar-refractivity contribution in [1.29, 1.82) is 0 Å². The molecule has 1 aliphatic carbocycles. The zero-order valence-corrected chi connectivity index (χ0v) is 16.0. The van der Waals surface area contributed by atoms with Crippen molar-refractivity contribution in [2.24, 2.45) is 17.8 Å². The smallest absolute Gasteiger partial charge is 0.240 e. The average molecular weight is 368 g/mol. The number of amides is 2. The van der Waals surface area contributed by atoms with Crippen molar-refractivity contribution in [2.45, 2.75) is 58.2 Å². The fourth-order valence-electron chi connectivity index (χ4n) is 5.07. The summed E-state index contributed by atoms with van der Waals surface area (Å²) >= 11 is 0. The third-order valence-corrected chi connectivity index (χ3v) is 6.52. The first-order valence-corrected chi connectivity index (χ1v) is 10.1. The minimum Gasteiger partial charge on any atom is -0.353 e. The lowest BCUT2D eigenvalue weighted by Gasteiger charge is -2.46. The first-order chi connectivity index (χ1) is 13.1. The molecule has 2 aliphatic rings. The van der Waals surface area contributed by atoms with E-state index in [1.807, 2.05) is 28.8 Å². The predicted molar refractivity (Wildman–Crippen MR) is 104 cm³/mol. The highest BCUT2D eigenvalue weighted by Crippen LogP contribution is 2.38. The number of aromatic nitrogens is 2. The van der Waals surface area contributed by atoms with Gasteiger partial charge in [-0.25, -0.2) is 4.98 Å². The van der Waals surface area contributed by atoms with Gasteiger partial charge in [0, 0.05) is 18.0 Å². The second kappa shape index (κ2) is 7.33. The Hall–Kier alpha value is -2.37. The van der Waals surface area contributed by atoms with Gasteiger partial charge in [0.05, 0.1) is 17.4 Å². The number of carbonyl (C=O) groups excluding carboxylic acids is 2. The minimum atomic E-state index is 0.00298. The van der Waals surface area contributed by atoms with Crippen LogP contribution in [-0.2, 0) is 16.1 Å². The number of benzene rings is 1. The number of para-hydroxylation sites is 2. The Kier molecular flexibility index (Phi) is 4.89. The molecule has 2 aromatic rings. The molecule has 5 unspecified atom stereocenters. The van der Waals surface area contributed by atoms with Crippen LogP contribution < -0.4 is 10.6 Å². The van der Waals surface area contributed by atoms with Crippen molar-refractivity contribution in [3.8, 4) is 0 Å². The Morgan fingerprint density at radius 2 is 2.15 bits per heavy atom. The highest BCUT2D eigenvalue weighted by Gasteiger charge is 2.43. The number of nitrogens with zero attached hydrogens (tertiary/aromatic N) is 2. The van der Waals surface area contributed by atoms with Crippen molar-refractivity contribution in [3.63, 3.8) is 0 Å². The molecule has 144 valence electrons. The van der Waals surface area contributed by atoms with Gasteiger partial charge in [0.1, 0.15) is 6.54 Å². The maximum absolute atomic E-state index is 12.6. The molecule has 2 N–H and O–H groups in total. The molecule has 1 saturated carbocycles. The molecule has 6 heteroatoms. The number of hydrogen-bond donors (Lipinski definition) is 2. The van der Waals surface area contributed by atoms with E-state index in [0.29, 0.717) is 11.8 Å². The lowest BCUT2D eigenvalue weighted by atomic mass is 9.67. The van der Waals surface area contributed by atoms with Crippen molar-refractivity contribution in [1.82, 2.24) is 20.2 Å². The van der Waals surface area contributed by atoms with Crippen LogP contribution in [0.5, 0.6) is 0 Å². The van der Waals surface area contributed by atoms with Crippen LogP contribution in [0.3, 0.4) is 0 Å². The summed E-state index contributed by atoms with van der Waals surface area (Å²) in [6.45, 7) is 4.58. The molecular weight excluding hydrogens is 340 g/mol. The van der Waals surface area contributed by atoms with E-state index in [1.54, 1.807) is 6.33 Å². The van der Waals surface area contributed by atoms with E-state index in [2.05, 4.69) is 29.5 Å². The lowest BCUT2D eigenvalue weighted by Crippen LogP contribution is -2.58. The number of fused-ring (bicyclic) bond motifs is 2.